The van der Waals surface area contributed by atoms with Gasteiger partial charge in [-0.25, -0.2) is 0 Å². The molecule has 1 atom stereocenters. The second-order valence-corrected chi connectivity index (χ2v) is 7.04. The molecule has 0 saturated heterocycles. The van der Waals surface area contributed by atoms with Crippen LogP contribution in [0.1, 0.15) is 24.3 Å². The zero-order chi connectivity index (χ0) is 14.0. The van der Waals surface area contributed by atoms with E-state index in [9.17, 15) is 0 Å². The lowest BCUT2D eigenvalue weighted by Crippen LogP contribution is -2.13. The van der Waals surface area contributed by atoms with Gasteiger partial charge in [-0.05, 0) is 37.7 Å². The fourth-order valence-electron chi connectivity index (χ4n) is 2.00. The first-order chi connectivity index (χ1) is 9.06. The van der Waals surface area contributed by atoms with Crippen LogP contribution in [0.3, 0.4) is 0 Å². The number of halogens is 3. The highest BCUT2D eigenvalue weighted by atomic mass is 79.9. The number of hydrogen-bond donors (Lipinski definition) is 1. The summed E-state index contributed by atoms with van der Waals surface area (Å²) in [7, 11) is 1.98. The van der Waals surface area contributed by atoms with E-state index in [-0.39, 0.29) is 0 Å². The predicted molar refractivity (Wildman–Crippen MR) is 89.6 cm³/mol. The van der Waals surface area contributed by atoms with Gasteiger partial charge in [0.05, 0.1) is 10.0 Å². The molecule has 1 aromatic heterocycles. The molecule has 1 aromatic carbocycles. The molecule has 1 unspecified atom stereocenters. The van der Waals surface area contributed by atoms with Crippen molar-refractivity contribution >= 4 is 50.5 Å². The molecule has 0 aliphatic rings. The third-order valence-corrected chi connectivity index (χ3v) is 5.25. The van der Waals surface area contributed by atoms with E-state index in [2.05, 4.69) is 40.3 Å². The van der Waals surface area contributed by atoms with E-state index in [4.69, 9.17) is 23.2 Å². The molecule has 0 radical (unpaired) electrons. The number of hydrogen-bond acceptors (Lipinski definition) is 2. The molecule has 2 aromatic rings. The predicted octanol–water partition coefficient (Wildman–Crippen LogP) is 6.15. The molecule has 19 heavy (non-hydrogen) atoms. The zero-order valence-corrected chi connectivity index (χ0v) is 14.6. The molecule has 1 nitrogen and oxygen atoms in total. The van der Waals surface area contributed by atoms with Gasteiger partial charge in [-0.2, -0.15) is 0 Å². The number of rotatable bonds is 4. The van der Waals surface area contributed by atoms with Crippen molar-refractivity contribution in [1.29, 1.82) is 0 Å². The Balaban J connectivity index is 2.43. The van der Waals surface area contributed by atoms with Crippen LogP contribution in [0.4, 0.5) is 0 Å². The third-order valence-electron chi connectivity index (χ3n) is 2.98. The number of benzene rings is 1. The Bertz CT molecular complexity index is 556. The minimum absolute atomic E-state index is 0.381. The van der Waals surface area contributed by atoms with Crippen molar-refractivity contribution in [3.63, 3.8) is 0 Å². The van der Waals surface area contributed by atoms with Crippen LogP contribution in [0.5, 0.6) is 0 Å². The lowest BCUT2D eigenvalue weighted by Gasteiger charge is -2.11. The van der Waals surface area contributed by atoms with Gasteiger partial charge in [0.15, 0.2) is 0 Å². The van der Waals surface area contributed by atoms with Crippen molar-refractivity contribution in [3.8, 4) is 10.4 Å². The second-order valence-electron chi connectivity index (χ2n) is 4.20. The van der Waals surface area contributed by atoms with Crippen molar-refractivity contribution in [2.45, 2.75) is 19.4 Å². The monoisotopic (exact) mass is 377 g/mol. The van der Waals surface area contributed by atoms with Crippen LogP contribution in [0.2, 0.25) is 10.0 Å². The molecule has 0 aliphatic heterocycles. The number of nitrogens with one attached hydrogen (secondary N) is 1. The van der Waals surface area contributed by atoms with Crippen LogP contribution in [0.15, 0.2) is 28.7 Å². The van der Waals surface area contributed by atoms with Gasteiger partial charge in [0.25, 0.3) is 0 Å². The normalized spacial score (nSPS) is 12.7. The third kappa shape index (κ3) is 3.34. The fourth-order valence-corrected chi connectivity index (χ4v) is 4.80. The van der Waals surface area contributed by atoms with E-state index in [0.717, 1.165) is 21.3 Å². The highest BCUT2D eigenvalue weighted by Gasteiger charge is 2.15. The highest BCUT2D eigenvalue weighted by Crippen LogP contribution is 2.41. The molecule has 0 saturated carbocycles. The van der Waals surface area contributed by atoms with Crippen LogP contribution in [-0.4, -0.2) is 7.05 Å². The maximum atomic E-state index is 6.30. The first-order valence-corrected chi connectivity index (χ1v) is 8.35. The van der Waals surface area contributed by atoms with Crippen LogP contribution >= 0.6 is 50.5 Å². The summed E-state index contributed by atoms with van der Waals surface area (Å²) >= 11 is 17.7. The SMILES string of the molecule is CCC(NC)c1ccc(-c2c(Cl)cc(Br)cc2Cl)s1. The topological polar surface area (TPSA) is 12.0 Å². The van der Waals surface area contributed by atoms with E-state index < -0.39 is 0 Å². The van der Waals surface area contributed by atoms with Crippen molar-refractivity contribution in [2.75, 3.05) is 7.05 Å². The first-order valence-electron chi connectivity index (χ1n) is 5.98. The van der Waals surface area contributed by atoms with Gasteiger partial charge in [-0.1, -0.05) is 46.1 Å². The average molecular weight is 379 g/mol. The minimum atomic E-state index is 0.381. The van der Waals surface area contributed by atoms with E-state index in [0.29, 0.717) is 16.1 Å². The largest absolute Gasteiger partial charge is 0.312 e. The summed E-state index contributed by atoms with van der Waals surface area (Å²) < 4.78 is 0.893. The molecule has 0 fully saturated rings. The summed E-state index contributed by atoms with van der Waals surface area (Å²) in [6.07, 6.45) is 1.05. The van der Waals surface area contributed by atoms with Gasteiger partial charge in [0, 0.05) is 25.8 Å². The van der Waals surface area contributed by atoms with E-state index in [1.54, 1.807) is 11.3 Å². The van der Waals surface area contributed by atoms with Crippen molar-refractivity contribution < 1.29 is 0 Å². The van der Waals surface area contributed by atoms with Crippen molar-refractivity contribution in [1.82, 2.24) is 5.32 Å². The Kier molecular flexibility index (Phi) is 5.32. The van der Waals surface area contributed by atoms with Gasteiger partial charge >= 0.3 is 0 Å². The molecule has 5 heteroatoms. The minimum Gasteiger partial charge on any atom is -0.312 e. The highest BCUT2D eigenvalue weighted by molar-refractivity contribution is 9.10. The molecule has 102 valence electrons. The Hall–Kier alpha value is -0.0600. The van der Waals surface area contributed by atoms with Gasteiger partial charge in [0.1, 0.15) is 0 Å². The molecule has 2 rings (SSSR count). The smallest absolute Gasteiger partial charge is 0.0518 e. The summed E-state index contributed by atoms with van der Waals surface area (Å²) in [6.45, 7) is 2.17. The van der Waals surface area contributed by atoms with E-state index >= 15 is 0 Å². The summed E-state index contributed by atoms with van der Waals surface area (Å²) in [4.78, 5) is 2.40. The Morgan fingerprint density at radius 2 is 1.89 bits per heavy atom. The molecule has 1 heterocycles. The Labute approximate surface area is 136 Å². The maximum Gasteiger partial charge on any atom is 0.0518 e. The summed E-state index contributed by atoms with van der Waals surface area (Å²) in [5.41, 5.74) is 0.911. The molecular weight excluding hydrogens is 365 g/mol. The van der Waals surface area contributed by atoms with Crippen molar-refractivity contribution in [2.24, 2.45) is 0 Å². The first kappa shape index (κ1) is 15.3. The van der Waals surface area contributed by atoms with Gasteiger partial charge in [0.2, 0.25) is 0 Å². The number of thiophene rings is 1. The van der Waals surface area contributed by atoms with Gasteiger partial charge in [-0.3, -0.25) is 0 Å². The zero-order valence-electron chi connectivity index (χ0n) is 10.6. The molecule has 0 aliphatic carbocycles. The van der Waals surface area contributed by atoms with Crippen molar-refractivity contribution in [3.05, 3.63) is 43.7 Å². The maximum absolute atomic E-state index is 6.30. The lowest BCUT2D eigenvalue weighted by molar-refractivity contribution is 0.586. The quantitative estimate of drug-likeness (QED) is 0.672. The summed E-state index contributed by atoms with van der Waals surface area (Å²) in [5.74, 6) is 0. The van der Waals surface area contributed by atoms with Gasteiger partial charge < -0.3 is 5.32 Å². The molecular formula is C14H14BrCl2NS. The van der Waals surface area contributed by atoms with Crippen LogP contribution in [-0.2, 0) is 0 Å². The Morgan fingerprint density at radius 1 is 1.26 bits per heavy atom. The lowest BCUT2D eigenvalue weighted by atomic mass is 10.1. The van der Waals surface area contributed by atoms with Crippen LogP contribution < -0.4 is 5.32 Å². The van der Waals surface area contributed by atoms with Crippen LogP contribution in [0.25, 0.3) is 10.4 Å². The molecule has 1 N–H and O–H groups in total. The van der Waals surface area contributed by atoms with Crippen LogP contribution in [0, 0.1) is 0 Å². The van der Waals surface area contributed by atoms with E-state index in [1.165, 1.54) is 4.88 Å². The van der Waals surface area contributed by atoms with Gasteiger partial charge in [-0.15, -0.1) is 11.3 Å². The molecule has 0 amide bonds. The fraction of sp³-hybridized carbons (Fsp3) is 0.286. The summed E-state index contributed by atoms with van der Waals surface area (Å²) in [5, 5.41) is 4.65. The Morgan fingerprint density at radius 3 is 2.42 bits per heavy atom. The summed E-state index contributed by atoms with van der Waals surface area (Å²) in [6, 6.07) is 8.35. The molecule has 0 bridgehead atoms. The second kappa shape index (κ2) is 6.59. The standard InChI is InChI=1S/C14H14BrCl2NS/c1-3-11(18-2)12-4-5-13(19-12)14-9(16)6-8(15)7-10(14)17/h4-7,11,18H,3H2,1-2H3. The average Bonchev–Trinajstić information content (AvgIpc) is 2.78. The molecule has 0 spiro atoms. The van der Waals surface area contributed by atoms with E-state index in [1.807, 2.05) is 19.2 Å².